The van der Waals surface area contributed by atoms with Crippen molar-refractivity contribution in [3.63, 3.8) is 0 Å². The highest BCUT2D eigenvalue weighted by molar-refractivity contribution is 5.52. The molecule has 0 bridgehead atoms. The summed E-state index contributed by atoms with van der Waals surface area (Å²) in [6.45, 7) is 3.94. The van der Waals surface area contributed by atoms with Crippen LogP contribution in [0.5, 0.6) is 0 Å². The smallest absolute Gasteiger partial charge is 0.129 e. The van der Waals surface area contributed by atoms with E-state index in [1.165, 1.54) is 0 Å². The molecule has 5 nitrogen and oxygen atoms in total. The molecule has 22 heavy (non-hydrogen) atoms. The molecule has 1 aromatic carbocycles. The molecule has 112 valence electrons. The van der Waals surface area contributed by atoms with E-state index in [4.69, 9.17) is 5.26 Å². The van der Waals surface area contributed by atoms with Gasteiger partial charge in [0.2, 0.25) is 0 Å². The van der Waals surface area contributed by atoms with Crippen LogP contribution in [0.3, 0.4) is 0 Å². The highest BCUT2D eigenvalue weighted by Gasteiger charge is 2.19. The number of anilines is 2. The molecule has 1 N–H and O–H groups in total. The van der Waals surface area contributed by atoms with Crippen LogP contribution in [0.1, 0.15) is 24.1 Å². The van der Waals surface area contributed by atoms with E-state index in [-0.39, 0.29) is 0 Å². The van der Waals surface area contributed by atoms with E-state index in [2.05, 4.69) is 32.3 Å². The van der Waals surface area contributed by atoms with Crippen LogP contribution in [0.2, 0.25) is 0 Å². The molecule has 0 saturated carbocycles. The first kappa shape index (κ1) is 14.3. The van der Waals surface area contributed by atoms with Crippen molar-refractivity contribution in [2.45, 2.75) is 25.8 Å². The van der Waals surface area contributed by atoms with Gasteiger partial charge in [0.05, 0.1) is 11.6 Å². The molecule has 1 fully saturated rings. The maximum absolute atomic E-state index is 9.00. The first-order chi connectivity index (χ1) is 10.7. The Morgan fingerprint density at radius 3 is 2.77 bits per heavy atom. The fraction of sp³-hybridized carbons (Fsp3) is 0.353. The summed E-state index contributed by atoms with van der Waals surface area (Å²) in [6, 6.07) is 12.4. The van der Waals surface area contributed by atoms with Crippen molar-refractivity contribution in [1.29, 1.82) is 5.26 Å². The molecular formula is C17H19N5. The number of hydrogen-bond donors (Lipinski definition) is 1. The molecule has 0 unspecified atom stereocenters. The Morgan fingerprint density at radius 2 is 2.05 bits per heavy atom. The number of rotatable bonds is 3. The van der Waals surface area contributed by atoms with Crippen molar-refractivity contribution >= 4 is 11.5 Å². The summed E-state index contributed by atoms with van der Waals surface area (Å²) in [7, 11) is 0. The molecule has 5 heteroatoms. The van der Waals surface area contributed by atoms with Crippen LogP contribution in [0, 0.1) is 18.3 Å². The fourth-order valence-electron chi connectivity index (χ4n) is 2.80. The first-order valence-corrected chi connectivity index (χ1v) is 7.55. The Bertz CT molecular complexity index is 683. The molecule has 3 rings (SSSR count). The van der Waals surface area contributed by atoms with Gasteiger partial charge in [0.15, 0.2) is 0 Å². The number of aromatic nitrogens is 2. The largest absolute Gasteiger partial charge is 0.371 e. The van der Waals surface area contributed by atoms with Crippen molar-refractivity contribution in [1.82, 2.24) is 9.97 Å². The van der Waals surface area contributed by atoms with Gasteiger partial charge in [0, 0.05) is 36.6 Å². The van der Waals surface area contributed by atoms with Gasteiger partial charge < -0.3 is 10.2 Å². The number of nitrogens with zero attached hydrogens (tertiary/aromatic N) is 4. The molecule has 2 heterocycles. The number of nitrogens with one attached hydrogen (secondary N) is 1. The minimum absolute atomic E-state index is 0.435. The maximum Gasteiger partial charge on any atom is 0.129 e. The second kappa shape index (κ2) is 6.44. The lowest BCUT2D eigenvalue weighted by molar-refractivity contribution is 0.525. The highest BCUT2D eigenvalue weighted by atomic mass is 15.2. The van der Waals surface area contributed by atoms with Gasteiger partial charge in [-0.05, 0) is 38.0 Å². The lowest BCUT2D eigenvalue weighted by Gasteiger charge is -2.34. The zero-order chi connectivity index (χ0) is 15.4. The number of aryl methyl sites for hydroxylation is 1. The Kier molecular flexibility index (Phi) is 4.19. The monoisotopic (exact) mass is 293 g/mol. The normalized spacial score (nSPS) is 15.4. The Morgan fingerprint density at radius 1 is 1.23 bits per heavy atom. The van der Waals surface area contributed by atoms with Gasteiger partial charge in [-0.25, -0.2) is 9.97 Å². The molecule has 0 aliphatic carbocycles. The van der Waals surface area contributed by atoms with E-state index < -0.39 is 0 Å². The summed E-state index contributed by atoms with van der Waals surface area (Å²) >= 11 is 0. The van der Waals surface area contributed by atoms with Gasteiger partial charge in [-0.2, -0.15) is 5.26 Å². The van der Waals surface area contributed by atoms with Crippen LogP contribution in [0.15, 0.2) is 36.7 Å². The van der Waals surface area contributed by atoms with E-state index in [0.29, 0.717) is 11.6 Å². The molecular weight excluding hydrogens is 274 g/mol. The second-order valence-corrected chi connectivity index (χ2v) is 5.61. The van der Waals surface area contributed by atoms with Gasteiger partial charge in [-0.1, -0.05) is 6.07 Å². The molecule has 0 atom stereocenters. The van der Waals surface area contributed by atoms with E-state index in [1.54, 1.807) is 6.33 Å². The summed E-state index contributed by atoms with van der Waals surface area (Å²) < 4.78 is 0. The lowest BCUT2D eigenvalue weighted by atomic mass is 10.0. The number of hydrogen-bond acceptors (Lipinski definition) is 5. The van der Waals surface area contributed by atoms with Crippen molar-refractivity contribution < 1.29 is 0 Å². The van der Waals surface area contributed by atoms with E-state index in [1.807, 2.05) is 31.2 Å². The fourth-order valence-corrected chi connectivity index (χ4v) is 2.80. The predicted octanol–water partition coefficient (Wildman–Crippen LogP) is 2.74. The molecule has 1 aliphatic rings. The van der Waals surface area contributed by atoms with E-state index in [0.717, 1.165) is 43.1 Å². The van der Waals surface area contributed by atoms with E-state index >= 15 is 0 Å². The number of piperidine rings is 1. The zero-order valence-corrected chi connectivity index (χ0v) is 12.7. The lowest BCUT2D eigenvalue weighted by Crippen LogP contribution is -2.39. The molecule has 1 aromatic heterocycles. The minimum atomic E-state index is 0.435. The standard InChI is InChI=1S/C17H19N5/c1-13-9-17(20-12-19-13)21-15-5-7-22(8-6-15)16-4-2-3-14(10-16)11-18/h2-4,9-10,12,15H,5-8H2,1H3,(H,19,20,21). The minimum Gasteiger partial charge on any atom is -0.371 e. The predicted molar refractivity (Wildman–Crippen MR) is 86.8 cm³/mol. The molecule has 2 aromatic rings. The second-order valence-electron chi connectivity index (χ2n) is 5.61. The summed E-state index contributed by atoms with van der Waals surface area (Å²) in [6.07, 6.45) is 3.71. The average molecular weight is 293 g/mol. The van der Waals surface area contributed by atoms with Crippen LogP contribution in [0.4, 0.5) is 11.5 Å². The first-order valence-electron chi connectivity index (χ1n) is 7.55. The summed E-state index contributed by atoms with van der Waals surface area (Å²) in [5.41, 5.74) is 2.83. The van der Waals surface area contributed by atoms with Gasteiger partial charge >= 0.3 is 0 Å². The number of benzene rings is 1. The SMILES string of the molecule is Cc1cc(NC2CCN(c3cccc(C#N)c3)CC2)ncn1. The third kappa shape index (κ3) is 3.34. The average Bonchev–Trinajstić information content (AvgIpc) is 2.56. The van der Waals surface area contributed by atoms with Crippen molar-refractivity contribution in [2.75, 3.05) is 23.3 Å². The number of nitriles is 1. The topological polar surface area (TPSA) is 64.8 Å². The van der Waals surface area contributed by atoms with E-state index in [9.17, 15) is 0 Å². The van der Waals surface area contributed by atoms with Crippen LogP contribution in [0.25, 0.3) is 0 Å². The third-order valence-corrected chi connectivity index (χ3v) is 3.99. The van der Waals surface area contributed by atoms with Crippen LogP contribution >= 0.6 is 0 Å². The summed E-state index contributed by atoms with van der Waals surface area (Å²) in [5.74, 6) is 0.900. The van der Waals surface area contributed by atoms with Gasteiger partial charge in [-0.3, -0.25) is 0 Å². The van der Waals surface area contributed by atoms with Gasteiger partial charge in [0.25, 0.3) is 0 Å². The Hall–Kier alpha value is -2.61. The van der Waals surface area contributed by atoms with Gasteiger partial charge in [-0.15, -0.1) is 0 Å². The zero-order valence-electron chi connectivity index (χ0n) is 12.7. The van der Waals surface area contributed by atoms with Gasteiger partial charge in [0.1, 0.15) is 12.1 Å². The highest BCUT2D eigenvalue weighted by Crippen LogP contribution is 2.22. The molecule has 0 radical (unpaired) electrons. The van der Waals surface area contributed by atoms with Crippen LogP contribution in [-0.4, -0.2) is 29.1 Å². The van der Waals surface area contributed by atoms with Crippen LogP contribution in [-0.2, 0) is 0 Å². The molecule has 1 aliphatic heterocycles. The summed E-state index contributed by atoms with van der Waals surface area (Å²) in [4.78, 5) is 10.7. The molecule has 1 saturated heterocycles. The van der Waals surface area contributed by atoms with Crippen molar-refractivity contribution in [3.05, 3.63) is 47.9 Å². The third-order valence-electron chi connectivity index (χ3n) is 3.99. The maximum atomic E-state index is 9.00. The molecule has 0 amide bonds. The molecule has 0 spiro atoms. The summed E-state index contributed by atoms with van der Waals surface area (Å²) in [5, 5.41) is 12.5. The van der Waals surface area contributed by atoms with Crippen LogP contribution < -0.4 is 10.2 Å². The Labute approximate surface area is 130 Å². The Balaban J connectivity index is 1.59. The quantitative estimate of drug-likeness (QED) is 0.942. The van der Waals surface area contributed by atoms with Crippen molar-refractivity contribution in [2.24, 2.45) is 0 Å². The van der Waals surface area contributed by atoms with Crippen molar-refractivity contribution in [3.8, 4) is 6.07 Å².